The maximum Gasteiger partial charge on any atom is 0.0720 e. The number of nitrogens with one attached hydrogen (secondary N) is 1. The molecular weight excluding hydrogens is 390 g/mol. The number of hydrogen-bond donors (Lipinski definition) is 1. The summed E-state index contributed by atoms with van der Waals surface area (Å²) in [6.45, 7) is 2.54. The third-order valence-corrected chi connectivity index (χ3v) is 6.73. The monoisotopic (exact) mass is 419 g/mol. The molecule has 0 saturated heterocycles. The van der Waals surface area contributed by atoms with E-state index in [4.69, 9.17) is 4.74 Å². The summed E-state index contributed by atoms with van der Waals surface area (Å²) in [5.41, 5.74) is 7.14. The Kier molecular flexibility index (Phi) is 6.58. The molecule has 0 saturated carbocycles. The molecule has 1 unspecified atom stereocenters. The fourth-order valence-corrected chi connectivity index (χ4v) is 5.27. The van der Waals surface area contributed by atoms with E-state index in [0.717, 1.165) is 45.4 Å². The van der Waals surface area contributed by atoms with Crippen molar-refractivity contribution in [1.82, 2.24) is 5.32 Å². The first-order valence-electron chi connectivity index (χ1n) is 10.9. The fourth-order valence-electron chi connectivity index (χ4n) is 5.27. The Bertz CT molecular complexity index is 948. The maximum absolute atomic E-state index is 6.12. The van der Waals surface area contributed by atoms with Crippen LogP contribution in [-0.2, 0) is 29.6 Å². The zero-order chi connectivity index (χ0) is 19.5. The molecule has 2 aliphatic rings. The molecule has 30 heavy (non-hydrogen) atoms. The first kappa shape index (κ1) is 21.1. The number of rotatable bonds is 6. The molecule has 3 aromatic rings. The molecule has 1 aliphatic heterocycles. The Morgan fingerprint density at radius 3 is 2.17 bits per heavy atom. The standard InChI is InChI=1S/C27H29NO.ClH/c1-2-12-24(13-3-1)27(20-29-19-23-11-6-7-14-26(23)27)15-8-16-28-25-17-21-9-4-5-10-22(21)18-25;/h1-7,9-14,25,28H,8,15-20H2;1H. The molecule has 0 aromatic heterocycles. The lowest BCUT2D eigenvalue weighted by molar-refractivity contribution is 0.0612. The number of hydrogen-bond acceptors (Lipinski definition) is 2. The van der Waals surface area contributed by atoms with Crippen LogP contribution in [0, 0.1) is 0 Å². The molecule has 3 heteroatoms. The SMILES string of the molecule is Cl.c1ccc(C2(CCCNC3Cc4ccccc4C3)COCc3ccccc32)cc1. The summed E-state index contributed by atoms with van der Waals surface area (Å²) in [4.78, 5) is 0. The number of benzene rings is 3. The van der Waals surface area contributed by atoms with Gasteiger partial charge in [-0.1, -0.05) is 78.9 Å². The normalized spacial score (nSPS) is 20.3. The lowest BCUT2D eigenvalue weighted by Crippen LogP contribution is -2.39. The van der Waals surface area contributed by atoms with Gasteiger partial charge in [-0.15, -0.1) is 12.4 Å². The van der Waals surface area contributed by atoms with Gasteiger partial charge in [0.25, 0.3) is 0 Å². The van der Waals surface area contributed by atoms with E-state index in [9.17, 15) is 0 Å². The van der Waals surface area contributed by atoms with Crippen molar-refractivity contribution in [2.24, 2.45) is 0 Å². The average Bonchev–Trinajstić information content (AvgIpc) is 3.20. The molecule has 3 aromatic carbocycles. The second-order valence-corrected chi connectivity index (χ2v) is 8.53. The molecule has 0 bridgehead atoms. The topological polar surface area (TPSA) is 21.3 Å². The van der Waals surface area contributed by atoms with Crippen molar-refractivity contribution >= 4 is 12.4 Å². The maximum atomic E-state index is 6.12. The third kappa shape index (κ3) is 4.05. The van der Waals surface area contributed by atoms with Crippen LogP contribution in [0.2, 0.25) is 0 Å². The van der Waals surface area contributed by atoms with Gasteiger partial charge in [-0.3, -0.25) is 0 Å². The summed E-state index contributed by atoms with van der Waals surface area (Å²) in [6.07, 6.45) is 4.55. The number of halogens is 1. The Hall–Kier alpha value is -2.13. The van der Waals surface area contributed by atoms with E-state index in [1.54, 1.807) is 0 Å². The Morgan fingerprint density at radius 1 is 0.800 bits per heavy atom. The summed E-state index contributed by atoms with van der Waals surface area (Å²) in [6, 6.07) is 29.2. The van der Waals surface area contributed by atoms with Gasteiger partial charge in [0.1, 0.15) is 0 Å². The highest BCUT2D eigenvalue weighted by molar-refractivity contribution is 5.85. The van der Waals surface area contributed by atoms with Crippen LogP contribution in [0.25, 0.3) is 0 Å². The summed E-state index contributed by atoms with van der Waals surface area (Å²) < 4.78 is 6.12. The Labute approximate surface area is 186 Å². The van der Waals surface area contributed by atoms with Gasteiger partial charge in [-0.25, -0.2) is 0 Å². The van der Waals surface area contributed by atoms with Gasteiger partial charge < -0.3 is 10.1 Å². The lowest BCUT2D eigenvalue weighted by atomic mass is 9.69. The van der Waals surface area contributed by atoms with Gasteiger partial charge in [-0.05, 0) is 60.0 Å². The summed E-state index contributed by atoms with van der Waals surface area (Å²) in [5.74, 6) is 0. The van der Waals surface area contributed by atoms with Crippen LogP contribution in [0.4, 0.5) is 0 Å². The molecule has 1 heterocycles. The minimum absolute atomic E-state index is 0. The quantitative estimate of drug-likeness (QED) is 0.535. The predicted octanol–water partition coefficient (Wildman–Crippen LogP) is 5.46. The largest absolute Gasteiger partial charge is 0.375 e. The molecule has 0 amide bonds. The van der Waals surface area contributed by atoms with Gasteiger partial charge in [0.05, 0.1) is 13.2 Å². The van der Waals surface area contributed by atoms with Gasteiger partial charge >= 0.3 is 0 Å². The van der Waals surface area contributed by atoms with Gasteiger partial charge in [0.15, 0.2) is 0 Å². The summed E-state index contributed by atoms with van der Waals surface area (Å²) in [7, 11) is 0. The van der Waals surface area contributed by atoms with Crippen LogP contribution >= 0.6 is 12.4 Å². The van der Waals surface area contributed by atoms with Crippen LogP contribution in [0.15, 0.2) is 78.9 Å². The van der Waals surface area contributed by atoms with Crippen molar-refractivity contribution in [3.05, 3.63) is 107 Å². The van der Waals surface area contributed by atoms with E-state index in [-0.39, 0.29) is 17.8 Å². The van der Waals surface area contributed by atoms with E-state index in [1.165, 1.54) is 27.8 Å². The van der Waals surface area contributed by atoms with E-state index < -0.39 is 0 Å². The van der Waals surface area contributed by atoms with Crippen LogP contribution in [0.5, 0.6) is 0 Å². The van der Waals surface area contributed by atoms with Crippen LogP contribution in [0.1, 0.15) is 40.7 Å². The highest BCUT2D eigenvalue weighted by atomic mass is 35.5. The number of fused-ring (bicyclic) bond motifs is 2. The molecule has 1 N–H and O–H groups in total. The molecule has 5 rings (SSSR count). The molecule has 0 radical (unpaired) electrons. The van der Waals surface area contributed by atoms with Crippen molar-refractivity contribution < 1.29 is 4.74 Å². The minimum Gasteiger partial charge on any atom is -0.375 e. The molecule has 0 spiro atoms. The van der Waals surface area contributed by atoms with Crippen LogP contribution in [-0.4, -0.2) is 19.2 Å². The van der Waals surface area contributed by atoms with Gasteiger partial charge in [0, 0.05) is 11.5 Å². The molecule has 156 valence electrons. The highest BCUT2D eigenvalue weighted by Gasteiger charge is 2.38. The second kappa shape index (κ2) is 9.34. The zero-order valence-electron chi connectivity index (χ0n) is 17.3. The average molecular weight is 420 g/mol. The minimum atomic E-state index is -0.0452. The molecule has 2 nitrogen and oxygen atoms in total. The second-order valence-electron chi connectivity index (χ2n) is 8.53. The lowest BCUT2D eigenvalue weighted by Gasteiger charge is -2.40. The van der Waals surface area contributed by atoms with Crippen molar-refractivity contribution in [3.8, 4) is 0 Å². The third-order valence-electron chi connectivity index (χ3n) is 6.73. The molecule has 1 aliphatic carbocycles. The number of ether oxygens (including phenoxy) is 1. The summed E-state index contributed by atoms with van der Waals surface area (Å²) in [5, 5.41) is 3.82. The van der Waals surface area contributed by atoms with Gasteiger partial charge in [-0.2, -0.15) is 0 Å². The fraction of sp³-hybridized carbons (Fsp3) is 0.333. The smallest absolute Gasteiger partial charge is 0.0720 e. The Balaban J connectivity index is 0.00000218. The first-order valence-corrected chi connectivity index (χ1v) is 10.9. The van der Waals surface area contributed by atoms with Crippen LogP contribution in [0.3, 0.4) is 0 Å². The molecule has 0 fully saturated rings. The van der Waals surface area contributed by atoms with E-state index >= 15 is 0 Å². The molecule has 1 atom stereocenters. The van der Waals surface area contributed by atoms with E-state index in [2.05, 4.69) is 84.2 Å². The Morgan fingerprint density at radius 2 is 1.43 bits per heavy atom. The van der Waals surface area contributed by atoms with Crippen molar-refractivity contribution in [3.63, 3.8) is 0 Å². The van der Waals surface area contributed by atoms with E-state index in [0.29, 0.717) is 6.04 Å². The highest BCUT2D eigenvalue weighted by Crippen LogP contribution is 2.41. The van der Waals surface area contributed by atoms with Crippen molar-refractivity contribution in [2.75, 3.05) is 13.2 Å². The van der Waals surface area contributed by atoms with Crippen molar-refractivity contribution in [1.29, 1.82) is 0 Å². The predicted molar refractivity (Wildman–Crippen MR) is 125 cm³/mol. The van der Waals surface area contributed by atoms with Crippen LogP contribution < -0.4 is 5.32 Å². The van der Waals surface area contributed by atoms with E-state index in [1.807, 2.05) is 0 Å². The zero-order valence-corrected chi connectivity index (χ0v) is 18.2. The first-order chi connectivity index (χ1) is 14.4. The van der Waals surface area contributed by atoms with Gasteiger partial charge in [0.2, 0.25) is 0 Å². The summed E-state index contributed by atoms with van der Waals surface area (Å²) >= 11 is 0. The van der Waals surface area contributed by atoms with Crippen molar-refractivity contribution in [2.45, 2.75) is 43.7 Å². The molecular formula is C27H30ClNO.